The number of carbonyl (C=O) groups is 2. The first kappa shape index (κ1) is 21.3. The van der Waals surface area contributed by atoms with Crippen molar-refractivity contribution in [3.63, 3.8) is 0 Å². The molecular weight excluding hydrogens is 392 g/mol. The Morgan fingerprint density at radius 1 is 0.870 bits per heavy atom. The summed E-state index contributed by atoms with van der Waals surface area (Å²) in [5.41, 5.74) is 4.86. The number of halogens is 4. The van der Waals surface area contributed by atoms with Crippen LogP contribution in [0.5, 0.6) is 0 Å². The Labute approximate surface area is 150 Å². The van der Waals surface area contributed by atoms with Gasteiger partial charge in [-0.2, -0.15) is 0 Å². The largest absolute Gasteiger partial charge is 0.478 e. The monoisotopic (exact) mass is 399 g/mol. The summed E-state index contributed by atoms with van der Waals surface area (Å²) in [6.45, 7) is 0. The fourth-order valence-electron chi connectivity index (χ4n) is 1.03. The van der Waals surface area contributed by atoms with Crippen molar-refractivity contribution < 1.29 is 14.7 Å². The molecule has 0 aliphatic rings. The summed E-state index contributed by atoms with van der Waals surface area (Å²) >= 11 is 21.6. The molecule has 23 heavy (non-hydrogen) atoms. The van der Waals surface area contributed by atoms with Crippen LogP contribution in [0.4, 0.5) is 0 Å². The number of nitrogens with two attached hydrogens (primary N) is 1. The Kier molecular flexibility index (Phi) is 8.70. The molecular formula is C11H9Cl4N5O3. The number of nitrogens with zero attached hydrogens (tertiary/aromatic N) is 4. The molecule has 0 aromatic carbocycles. The third-order valence-corrected chi connectivity index (χ3v) is 2.86. The van der Waals surface area contributed by atoms with E-state index >= 15 is 0 Å². The summed E-state index contributed by atoms with van der Waals surface area (Å²) in [5, 5.41) is 21.8. The predicted molar refractivity (Wildman–Crippen MR) is 86.3 cm³/mol. The lowest BCUT2D eigenvalue weighted by Gasteiger charge is -1.95. The zero-order valence-electron chi connectivity index (χ0n) is 10.3. The van der Waals surface area contributed by atoms with Crippen LogP contribution < -0.4 is 5.73 Å². The molecule has 0 atom stereocenters. The molecule has 0 aliphatic carbocycles. The standard InChI is InChI=1S/C5H3Cl2N3O.C5H2Cl2N2O2.CH4/c6-3-1-2(5(8)11)4(7)10-9-3;6-3-1-2(5(10)11)4(7)9-8-3;/h1H,(H2,8,11);1H,(H,10,11);1H4. The lowest BCUT2D eigenvalue weighted by atomic mass is 10.3. The maximum Gasteiger partial charge on any atom is 0.339 e. The molecule has 1 amide bonds. The average molecular weight is 401 g/mol. The van der Waals surface area contributed by atoms with E-state index in [1.807, 2.05) is 0 Å². The van der Waals surface area contributed by atoms with Crippen LogP contribution in [0.15, 0.2) is 12.1 Å². The number of primary amides is 1. The van der Waals surface area contributed by atoms with E-state index in [0.717, 1.165) is 6.07 Å². The van der Waals surface area contributed by atoms with Crippen molar-refractivity contribution in [1.29, 1.82) is 0 Å². The highest BCUT2D eigenvalue weighted by molar-refractivity contribution is 6.34. The van der Waals surface area contributed by atoms with Crippen molar-refractivity contribution in [3.05, 3.63) is 43.9 Å². The highest BCUT2D eigenvalue weighted by atomic mass is 35.5. The van der Waals surface area contributed by atoms with Gasteiger partial charge in [-0.3, -0.25) is 4.79 Å². The quantitative estimate of drug-likeness (QED) is 0.791. The number of aromatic nitrogens is 4. The maximum atomic E-state index is 10.6. The van der Waals surface area contributed by atoms with Crippen LogP contribution in [0.2, 0.25) is 20.6 Å². The van der Waals surface area contributed by atoms with Crippen molar-refractivity contribution in [2.45, 2.75) is 7.43 Å². The first-order chi connectivity index (χ1) is 10.2. The Bertz CT molecular complexity index is 667. The summed E-state index contributed by atoms with van der Waals surface area (Å²) in [7, 11) is 0. The molecule has 0 spiro atoms. The molecule has 0 bridgehead atoms. The van der Waals surface area contributed by atoms with E-state index < -0.39 is 11.9 Å². The minimum absolute atomic E-state index is 0. The Morgan fingerprint density at radius 2 is 1.26 bits per heavy atom. The van der Waals surface area contributed by atoms with Crippen molar-refractivity contribution >= 4 is 58.3 Å². The van der Waals surface area contributed by atoms with Crippen LogP contribution in [0.1, 0.15) is 28.1 Å². The molecule has 3 N–H and O–H groups in total. The molecule has 2 aromatic heterocycles. The number of rotatable bonds is 2. The number of hydrogen-bond acceptors (Lipinski definition) is 6. The number of hydrogen-bond donors (Lipinski definition) is 2. The lowest BCUT2D eigenvalue weighted by molar-refractivity contribution is 0.0696. The van der Waals surface area contributed by atoms with Gasteiger partial charge >= 0.3 is 5.97 Å². The van der Waals surface area contributed by atoms with E-state index in [1.54, 1.807) is 0 Å². The molecule has 0 radical (unpaired) electrons. The van der Waals surface area contributed by atoms with Gasteiger partial charge in [0.1, 0.15) is 5.56 Å². The van der Waals surface area contributed by atoms with Crippen LogP contribution in [0, 0.1) is 0 Å². The SMILES string of the molecule is C.NC(=O)c1cc(Cl)nnc1Cl.O=C(O)c1cc(Cl)nnc1Cl. The van der Waals surface area contributed by atoms with Crippen LogP contribution in [-0.4, -0.2) is 37.4 Å². The van der Waals surface area contributed by atoms with E-state index in [1.165, 1.54) is 6.07 Å². The predicted octanol–water partition coefficient (Wildman–Crippen LogP) is 3.00. The molecule has 0 saturated heterocycles. The van der Waals surface area contributed by atoms with Gasteiger partial charge in [0, 0.05) is 0 Å². The number of aromatic carboxylic acids is 1. The zero-order chi connectivity index (χ0) is 16.9. The molecule has 0 unspecified atom stereocenters. The summed E-state index contributed by atoms with van der Waals surface area (Å²) in [5.74, 6) is -1.85. The second-order valence-corrected chi connectivity index (χ2v) is 4.90. The van der Waals surface area contributed by atoms with E-state index in [9.17, 15) is 9.59 Å². The maximum absolute atomic E-state index is 10.6. The van der Waals surface area contributed by atoms with Crippen LogP contribution in [-0.2, 0) is 0 Å². The van der Waals surface area contributed by atoms with Crippen LogP contribution >= 0.6 is 46.4 Å². The summed E-state index contributed by atoms with van der Waals surface area (Å²) < 4.78 is 0. The number of carboxylic acids is 1. The van der Waals surface area contributed by atoms with E-state index in [-0.39, 0.29) is 39.2 Å². The van der Waals surface area contributed by atoms with Gasteiger partial charge in [-0.25, -0.2) is 4.79 Å². The zero-order valence-corrected chi connectivity index (χ0v) is 13.3. The molecule has 8 nitrogen and oxygen atoms in total. The topological polar surface area (TPSA) is 132 Å². The molecule has 2 rings (SSSR count). The minimum Gasteiger partial charge on any atom is -0.478 e. The highest BCUT2D eigenvalue weighted by Gasteiger charge is 2.10. The first-order valence-electron chi connectivity index (χ1n) is 5.13. The fraction of sp³-hybridized carbons (Fsp3) is 0.0909. The Morgan fingerprint density at radius 3 is 1.57 bits per heavy atom. The van der Waals surface area contributed by atoms with Gasteiger partial charge in [0.05, 0.1) is 5.56 Å². The average Bonchev–Trinajstić information content (AvgIpc) is 2.44. The molecule has 0 fully saturated rings. The minimum atomic E-state index is -1.17. The summed E-state index contributed by atoms with van der Waals surface area (Å²) in [4.78, 5) is 20.9. The van der Waals surface area contributed by atoms with Crippen molar-refractivity contribution in [2.24, 2.45) is 5.73 Å². The number of carboxylic acid groups (broad SMARTS) is 1. The number of carbonyl (C=O) groups excluding carboxylic acids is 1. The van der Waals surface area contributed by atoms with Crippen molar-refractivity contribution in [3.8, 4) is 0 Å². The Balaban J connectivity index is 0.000000403. The van der Waals surface area contributed by atoms with E-state index in [2.05, 4.69) is 20.4 Å². The van der Waals surface area contributed by atoms with Gasteiger partial charge in [-0.1, -0.05) is 53.8 Å². The second kappa shape index (κ2) is 9.41. The van der Waals surface area contributed by atoms with Crippen molar-refractivity contribution in [2.75, 3.05) is 0 Å². The van der Waals surface area contributed by atoms with Gasteiger partial charge in [0.2, 0.25) is 0 Å². The fourth-order valence-corrected chi connectivity index (χ4v) is 1.68. The van der Waals surface area contributed by atoms with E-state index in [4.69, 9.17) is 57.2 Å². The van der Waals surface area contributed by atoms with Gasteiger partial charge < -0.3 is 10.8 Å². The summed E-state index contributed by atoms with van der Waals surface area (Å²) in [6.07, 6.45) is 0. The molecule has 2 aromatic rings. The van der Waals surface area contributed by atoms with Crippen LogP contribution in [0.3, 0.4) is 0 Å². The third-order valence-electron chi connectivity index (χ3n) is 1.93. The Hall–Kier alpha value is -1.74. The van der Waals surface area contributed by atoms with Gasteiger partial charge in [0.15, 0.2) is 20.6 Å². The second-order valence-electron chi connectivity index (χ2n) is 3.41. The normalized spacial score (nSPS) is 9.22. The molecule has 124 valence electrons. The molecule has 2 heterocycles. The number of amides is 1. The molecule has 0 aliphatic heterocycles. The van der Waals surface area contributed by atoms with Gasteiger partial charge in [-0.15, -0.1) is 20.4 Å². The lowest BCUT2D eigenvalue weighted by Crippen LogP contribution is -2.12. The molecule has 12 heteroatoms. The van der Waals surface area contributed by atoms with Crippen LogP contribution in [0.25, 0.3) is 0 Å². The van der Waals surface area contributed by atoms with E-state index in [0.29, 0.717) is 0 Å². The third kappa shape index (κ3) is 6.49. The smallest absolute Gasteiger partial charge is 0.339 e. The summed E-state index contributed by atoms with van der Waals surface area (Å²) in [6, 6.07) is 2.40. The van der Waals surface area contributed by atoms with Gasteiger partial charge in [0.25, 0.3) is 5.91 Å². The van der Waals surface area contributed by atoms with Crippen molar-refractivity contribution in [1.82, 2.24) is 20.4 Å². The first-order valence-corrected chi connectivity index (χ1v) is 6.64. The highest BCUT2D eigenvalue weighted by Crippen LogP contribution is 2.15. The van der Waals surface area contributed by atoms with Gasteiger partial charge in [-0.05, 0) is 12.1 Å². The molecule has 0 saturated carbocycles.